The molecule has 0 bridgehead atoms. The van der Waals surface area contributed by atoms with Gasteiger partial charge in [-0.1, -0.05) is 84.0 Å². The van der Waals surface area contributed by atoms with E-state index in [2.05, 4.69) is 81.4 Å². The lowest BCUT2D eigenvalue weighted by atomic mass is 9.78. The summed E-state index contributed by atoms with van der Waals surface area (Å²) in [7, 11) is 0. The summed E-state index contributed by atoms with van der Waals surface area (Å²) >= 11 is 0. The van der Waals surface area contributed by atoms with Gasteiger partial charge in [0.2, 0.25) is 0 Å². The molecule has 2 heterocycles. The van der Waals surface area contributed by atoms with Crippen LogP contribution in [0.2, 0.25) is 0 Å². The number of phenols is 1. The molecule has 4 rings (SSSR count). The number of aromatic hydroxyl groups is 1. The van der Waals surface area contributed by atoms with Crippen LogP contribution in [0, 0.1) is 0 Å². The Morgan fingerprint density at radius 2 is 1.10 bits per heavy atom. The highest BCUT2D eigenvalue weighted by Gasteiger charge is 2.47. The molecule has 2 aromatic carbocycles. The number of aryl methyl sites for hydroxylation is 1. The maximum atomic E-state index is 12.7. The van der Waals surface area contributed by atoms with Crippen molar-refractivity contribution in [2.75, 3.05) is 0 Å². The van der Waals surface area contributed by atoms with Crippen LogP contribution in [0.25, 0.3) is 0 Å². The lowest BCUT2D eigenvalue weighted by Gasteiger charge is -2.51. The van der Waals surface area contributed by atoms with Gasteiger partial charge in [0.15, 0.2) is 0 Å². The molecule has 2 saturated heterocycles. The van der Waals surface area contributed by atoms with Crippen LogP contribution in [-0.2, 0) is 38.1 Å². The smallest absolute Gasteiger partial charge is 0.306 e. The van der Waals surface area contributed by atoms with E-state index in [4.69, 9.17) is 9.47 Å². The molecular weight excluding hydrogens is 628 g/mol. The van der Waals surface area contributed by atoms with E-state index in [9.17, 15) is 20.3 Å². The first kappa shape index (κ1) is 41.9. The second-order valence-corrected chi connectivity index (χ2v) is 19.3. The van der Waals surface area contributed by atoms with Gasteiger partial charge in [-0.2, -0.15) is 10.1 Å². The predicted octanol–water partition coefficient (Wildman–Crippen LogP) is 9.49. The normalized spacial score (nSPS) is 21.3. The second-order valence-electron chi connectivity index (χ2n) is 19.3. The Morgan fingerprint density at radius 1 is 0.700 bits per heavy atom. The van der Waals surface area contributed by atoms with Crippen LogP contribution < -0.4 is 0 Å². The van der Waals surface area contributed by atoms with Crippen molar-refractivity contribution in [3.8, 4) is 5.75 Å². The maximum absolute atomic E-state index is 12.7. The summed E-state index contributed by atoms with van der Waals surface area (Å²) in [6.45, 7) is 29.3. The van der Waals surface area contributed by atoms with Crippen molar-refractivity contribution in [1.82, 2.24) is 10.1 Å². The lowest BCUT2D eigenvalue weighted by Crippen LogP contribution is -2.60. The first-order valence-corrected chi connectivity index (χ1v) is 18.4. The van der Waals surface area contributed by atoms with E-state index in [-0.39, 0.29) is 46.5 Å². The number of hydrogen-bond donors (Lipinski definition) is 3. The zero-order chi connectivity index (χ0) is 38.1. The Hall–Kier alpha value is -2.49. The number of hydroxylamine groups is 4. The van der Waals surface area contributed by atoms with Crippen LogP contribution in [0.15, 0.2) is 42.5 Å². The highest BCUT2D eigenvalue weighted by Crippen LogP contribution is 2.41. The number of phenolic OH excluding ortho intramolecular Hbond substituents is 1. The topological polar surface area (TPSA) is 103 Å². The van der Waals surface area contributed by atoms with Crippen LogP contribution in [-0.4, -0.2) is 66.0 Å². The van der Waals surface area contributed by atoms with Crippen molar-refractivity contribution in [1.29, 1.82) is 0 Å². The largest absolute Gasteiger partial charge is 0.507 e. The molecule has 0 spiro atoms. The molecule has 2 aromatic rings. The summed E-state index contributed by atoms with van der Waals surface area (Å²) < 4.78 is 11.9. The fourth-order valence-electron chi connectivity index (χ4n) is 7.82. The Labute approximate surface area is 303 Å². The summed E-state index contributed by atoms with van der Waals surface area (Å²) in [5.74, 6) is 0.136. The number of nitrogens with zero attached hydrogens (tertiary/aromatic N) is 2. The third kappa shape index (κ3) is 10.8. The molecule has 2 aliphatic heterocycles. The quantitative estimate of drug-likeness (QED) is 0.246. The van der Waals surface area contributed by atoms with Gasteiger partial charge in [0.1, 0.15) is 11.9 Å². The van der Waals surface area contributed by atoms with Gasteiger partial charge in [0, 0.05) is 41.4 Å². The first-order valence-electron chi connectivity index (χ1n) is 18.4. The van der Waals surface area contributed by atoms with Gasteiger partial charge < -0.3 is 25.0 Å². The molecule has 0 amide bonds. The fourth-order valence-corrected chi connectivity index (χ4v) is 7.82. The minimum absolute atomic E-state index is 0.189. The van der Waals surface area contributed by atoms with E-state index < -0.39 is 11.1 Å². The van der Waals surface area contributed by atoms with E-state index in [1.54, 1.807) is 0 Å². The number of hydrogen-bond acceptors (Lipinski definition) is 8. The van der Waals surface area contributed by atoms with Gasteiger partial charge in [-0.3, -0.25) is 4.79 Å². The average molecular weight is 697 g/mol. The second kappa shape index (κ2) is 15.2. The highest BCUT2D eigenvalue weighted by molar-refractivity contribution is 5.70. The third-order valence-corrected chi connectivity index (χ3v) is 10.2. The van der Waals surface area contributed by atoms with Gasteiger partial charge in [0.25, 0.3) is 0 Å². The summed E-state index contributed by atoms with van der Waals surface area (Å²) in [6.07, 6.45) is 3.72. The van der Waals surface area contributed by atoms with Crippen LogP contribution in [0.1, 0.15) is 151 Å². The molecule has 3 N–H and O–H groups in total. The molecule has 0 aliphatic carbocycles. The van der Waals surface area contributed by atoms with E-state index in [0.717, 1.165) is 29.5 Å². The molecule has 0 atom stereocenters. The highest BCUT2D eigenvalue weighted by atomic mass is 16.5. The molecule has 50 heavy (non-hydrogen) atoms. The SMILES string of the molecule is CC(C)(C)c1cc(CCC(=O)OC2CC(C)(C)N(O)C(C)(C)C2)cc(C(C)(C)C)c1O.CC1(C)CC(OCc2ccccc2)CC(C)(C)N1O. The summed E-state index contributed by atoms with van der Waals surface area (Å²) in [4.78, 5) is 12.7. The number of piperidine rings is 2. The first-order chi connectivity index (χ1) is 22.7. The van der Waals surface area contributed by atoms with Crippen LogP contribution in [0.5, 0.6) is 5.75 Å². The van der Waals surface area contributed by atoms with Crippen molar-refractivity contribution in [3.05, 3.63) is 64.7 Å². The minimum atomic E-state index is -0.452. The van der Waals surface area contributed by atoms with Crippen molar-refractivity contribution in [2.24, 2.45) is 0 Å². The summed E-state index contributed by atoms with van der Waals surface area (Å²) in [5, 5.41) is 34.5. The van der Waals surface area contributed by atoms with Gasteiger partial charge in [-0.25, -0.2) is 0 Å². The van der Waals surface area contributed by atoms with Crippen LogP contribution in [0.4, 0.5) is 0 Å². The van der Waals surface area contributed by atoms with E-state index >= 15 is 0 Å². The standard InChI is InChI=1S/C26H43NO4.C16H25NO2/c1-23(2,3)19-13-17(14-20(22(19)29)24(4,5)6)11-12-21(28)31-18-15-25(7,8)27(30)26(9,10)16-18;1-15(2)10-14(11-16(3,4)17(15)18)19-12-13-8-6-5-7-9-13/h13-14,18,29-30H,11-12,15-16H2,1-10H3;5-9,14,18H,10-12H2,1-4H3. The van der Waals surface area contributed by atoms with Crippen molar-refractivity contribution in [2.45, 2.75) is 187 Å². The number of carbonyl (C=O) groups excluding carboxylic acids is 1. The number of benzene rings is 2. The minimum Gasteiger partial charge on any atom is -0.507 e. The van der Waals surface area contributed by atoms with E-state index in [1.165, 1.54) is 15.7 Å². The molecule has 0 radical (unpaired) electrons. The fraction of sp³-hybridized carbons (Fsp3) is 0.690. The zero-order valence-electron chi connectivity index (χ0n) is 33.6. The summed E-state index contributed by atoms with van der Waals surface area (Å²) in [5.41, 5.74) is 2.25. The molecule has 2 aliphatic rings. The molecule has 2 fully saturated rings. The Kier molecular flexibility index (Phi) is 12.8. The van der Waals surface area contributed by atoms with Crippen LogP contribution in [0.3, 0.4) is 0 Å². The van der Waals surface area contributed by atoms with Crippen molar-refractivity contribution >= 4 is 5.97 Å². The van der Waals surface area contributed by atoms with Gasteiger partial charge in [-0.15, -0.1) is 0 Å². The number of ether oxygens (including phenoxy) is 2. The Bertz CT molecular complexity index is 1360. The van der Waals surface area contributed by atoms with Crippen LogP contribution >= 0.6 is 0 Å². The van der Waals surface area contributed by atoms with Gasteiger partial charge in [-0.05, 0) is 108 Å². The Morgan fingerprint density at radius 3 is 1.50 bits per heavy atom. The molecule has 8 heteroatoms. The monoisotopic (exact) mass is 697 g/mol. The average Bonchev–Trinajstić information content (AvgIpc) is 2.96. The molecular formula is C42H68N2O6. The molecule has 0 aromatic heterocycles. The van der Waals surface area contributed by atoms with Gasteiger partial charge >= 0.3 is 5.97 Å². The van der Waals surface area contributed by atoms with Gasteiger partial charge in [0.05, 0.1) is 12.7 Å². The molecule has 8 nitrogen and oxygen atoms in total. The Balaban J connectivity index is 0.000000303. The maximum Gasteiger partial charge on any atom is 0.306 e. The third-order valence-electron chi connectivity index (χ3n) is 10.2. The van der Waals surface area contributed by atoms with Crippen molar-refractivity contribution in [3.63, 3.8) is 0 Å². The van der Waals surface area contributed by atoms with E-state index in [1.807, 2.05) is 58.0 Å². The lowest BCUT2D eigenvalue weighted by molar-refractivity contribution is -0.262. The molecule has 0 unspecified atom stereocenters. The molecule has 282 valence electrons. The number of carbonyl (C=O) groups is 1. The number of esters is 1. The van der Waals surface area contributed by atoms with Crippen molar-refractivity contribution < 1.29 is 29.8 Å². The predicted molar refractivity (Wildman–Crippen MR) is 201 cm³/mol. The van der Waals surface area contributed by atoms with E-state index in [0.29, 0.717) is 31.6 Å². The zero-order valence-corrected chi connectivity index (χ0v) is 33.6. The number of rotatable bonds is 7. The summed E-state index contributed by atoms with van der Waals surface area (Å²) in [6, 6.07) is 14.3. The molecule has 0 saturated carbocycles.